The maximum Gasteiger partial charge on any atom is 0.336 e. The number of H-pyrrole nitrogens is 1. The van der Waals surface area contributed by atoms with Crippen molar-refractivity contribution in [1.82, 2.24) is 15.1 Å². The summed E-state index contributed by atoms with van der Waals surface area (Å²) in [6.45, 7) is 3.79. The normalized spacial score (nSPS) is 21.7. The first kappa shape index (κ1) is 15.7. The van der Waals surface area contributed by atoms with E-state index in [1.165, 1.54) is 0 Å². The van der Waals surface area contributed by atoms with Crippen molar-refractivity contribution in [2.45, 2.75) is 26.0 Å². The first-order chi connectivity index (χ1) is 11.0. The minimum Gasteiger partial charge on any atom is -0.478 e. The minimum absolute atomic E-state index is 0.120. The maximum atomic E-state index is 11.3. The molecule has 1 aromatic heterocycles. The van der Waals surface area contributed by atoms with Crippen LogP contribution in [-0.4, -0.2) is 50.5 Å². The van der Waals surface area contributed by atoms with Gasteiger partial charge in [0.05, 0.1) is 17.4 Å². The van der Waals surface area contributed by atoms with Crippen molar-refractivity contribution in [3.05, 3.63) is 52.8 Å². The highest BCUT2D eigenvalue weighted by Gasteiger charge is 2.32. The molecule has 2 atom stereocenters. The number of aromatic carboxylic acids is 1. The average molecular weight is 315 g/mol. The number of nitrogens with zero attached hydrogens (tertiary/aromatic N) is 2. The number of aliphatic hydroxyl groups excluding tert-OH is 1. The van der Waals surface area contributed by atoms with Gasteiger partial charge in [-0.2, -0.15) is 5.10 Å². The van der Waals surface area contributed by atoms with Crippen LogP contribution in [0.5, 0.6) is 0 Å². The molecule has 0 spiro atoms. The molecule has 6 nitrogen and oxygen atoms in total. The molecule has 1 fully saturated rings. The summed E-state index contributed by atoms with van der Waals surface area (Å²) in [4.78, 5) is 13.4. The third kappa shape index (κ3) is 3.60. The molecule has 3 rings (SSSR count). The lowest BCUT2D eigenvalue weighted by atomic mass is 10.00. The zero-order chi connectivity index (χ0) is 16.4. The van der Waals surface area contributed by atoms with E-state index in [0.29, 0.717) is 18.7 Å². The zero-order valence-electron chi connectivity index (χ0n) is 13.1. The predicted octanol–water partition coefficient (Wildman–Crippen LogP) is 1.45. The second-order valence-electron chi connectivity index (χ2n) is 6.23. The Hall–Kier alpha value is -2.18. The van der Waals surface area contributed by atoms with E-state index in [1.54, 1.807) is 12.1 Å². The number of carboxylic acids is 1. The summed E-state index contributed by atoms with van der Waals surface area (Å²) >= 11 is 0. The molecule has 6 heteroatoms. The number of hydrogen-bond donors (Lipinski definition) is 3. The number of β-amino-alcohol motifs (C(OH)–C–C–N with tert-alkyl or cyclic N) is 1. The van der Waals surface area contributed by atoms with Gasteiger partial charge >= 0.3 is 5.97 Å². The highest BCUT2D eigenvalue weighted by Crippen LogP contribution is 2.23. The number of rotatable bonds is 5. The van der Waals surface area contributed by atoms with Crippen molar-refractivity contribution in [2.75, 3.05) is 13.1 Å². The standard InChI is InChI=1S/C17H21N3O3/c1-11-6-14(19-18-11)7-13-9-20(10-16(13)21)8-12-4-2-3-5-15(12)17(22)23/h2-6,13,16,21H,7-10H2,1H3,(H,18,19)(H,22,23)/t13-,16+/m1/s1. The summed E-state index contributed by atoms with van der Waals surface area (Å²) in [5, 5.41) is 26.7. The molecule has 0 aliphatic carbocycles. The number of likely N-dealkylation sites (tertiary alicyclic amines) is 1. The number of aliphatic hydroxyl groups is 1. The summed E-state index contributed by atoms with van der Waals surface area (Å²) < 4.78 is 0. The second kappa shape index (κ2) is 6.52. The van der Waals surface area contributed by atoms with Crippen molar-refractivity contribution in [3.63, 3.8) is 0 Å². The maximum absolute atomic E-state index is 11.3. The highest BCUT2D eigenvalue weighted by atomic mass is 16.4. The fourth-order valence-electron chi connectivity index (χ4n) is 3.23. The molecule has 0 saturated carbocycles. The first-order valence-electron chi connectivity index (χ1n) is 7.75. The molecule has 0 bridgehead atoms. The van der Waals surface area contributed by atoms with Crippen LogP contribution in [0.25, 0.3) is 0 Å². The van der Waals surface area contributed by atoms with Gasteiger partial charge in [0.15, 0.2) is 0 Å². The van der Waals surface area contributed by atoms with Gasteiger partial charge in [0, 0.05) is 31.2 Å². The number of nitrogens with one attached hydrogen (secondary N) is 1. The first-order valence-corrected chi connectivity index (χ1v) is 7.75. The van der Waals surface area contributed by atoms with Gasteiger partial charge in [-0.3, -0.25) is 10.00 Å². The third-order valence-corrected chi connectivity index (χ3v) is 4.35. The van der Waals surface area contributed by atoms with Gasteiger partial charge in [-0.15, -0.1) is 0 Å². The number of aryl methyl sites for hydroxylation is 1. The monoisotopic (exact) mass is 315 g/mol. The van der Waals surface area contributed by atoms with E-state index in [4.69, 9.17) is 0 Å². The van der Waals surface area contributed by atoms with Crippen molar-refractivity contribution in [2.24, 2.45) is 5.92 Å². The summed E-state index contributed by atoms with van der Waals surface area (Å²) in [5.74, 6) is -0.793. The average Bonchev–Trinajstić information content (AvgIpc) is 3.06. The number of carboxylic acid groups (broad SMARTS) is 1. The molecule has 3 N–H and O–H groups in total. The van der Waals surface area contributed by atoms with E-state index in [0.717, 1.165) is 29.9 Å². The molecule has 1 aromatic carbocycles. The van der Waals surface area contributed by atoms with Crippen molar-refractivity contribution in [1.29, 1.82) is 0 Å². The molecule has 2 aromatic rings. The molecular formula is C17H21N3O3. The molecule has 1 saturated heterocycles. The van der Waals surface area contributed by atoms with Gasteiger partial charge in [0.2, 0.25) is 0 Å². The lowest BCUT2D eigenvalue weighted by molar-refractivity contribution is 0.0694. The summed E-state index contributed by atoms with van der Waals surface area (Å²) in [6.07, 6.45) is 0.312. The van der Waals surface area contributed by atoms with E-state index in [-0.39, 0.29) is 5.92 Å². The number of aromatic amines is 1. The fraction of sp³-hybridized carbons (Fsp3) is 0.412. The Morgan fingerprint density at radius 2 is 2.17 bits per heavy atom. The lowest BCUT2D eigenvalue weighted by Crippen LogP contribution is -2.22. The Bertz CT molecular complexity index is 698. The van der Waals surface area contributed by atoms with Gasteiger partial charge in [0.1, 0.15) is 0 Å². The molecule has 0 radical (unpaired) electrons. The molecule has 0 amide bonds. The molecule has 1 aliphatic heterocycles. The zero-order valence-corrected chi connectivity index (χ0v) is 13.1. The van der Waals surface area contributed by atoms with E-state index in [1.807, 2.05) is 25.1 Å². The van der Waals surface area contributed by atoms with E-state index < -0.39 is 12.1 Å². The quantitative estimate of drug-likeness (QED) is 0.777. The predicted molar refractivity (Wildman–Crippen MR) is 85.2 cm³/mol. The van der Waals surface area contributed by atoms with Crippen molar-refractivity contribution >= 4 is 5.97 Å². The van der Waals surface area contributed by atoms with Crippen LogP contribution in [0.3, 0.4) is 0 Å². The Morgan fingerprint density at radius 1 is 1.39 bits per heavy atom. The number of benzene rings is 1. The number of carbonyl (C=O) groups is 1. The van der Waals surface area contributed by atoms with E-state index >= 15 is 0 Å². The molecule has 1 aliphatic rings. The van der Waals surface area contributed by atoms with Gasteiger partial charge in [-0.25, -0.2) is 4.79 Å². The van der Waals surface area contributed by atoms with Crippen LogP contribution < -0.4 is 0 Å². The highest BCUT2D eigenvalue weighted by molar-refractivity contribution is 5.89. The van der Waals surface area contributed by atoms with Crippen molar-refractivity contribution < 1.29 is 15.0 Å². The molecular weight excluding hydrogens is 294 g/mol. The van der Waals surface area contributed by atoms with Crippen LogP contribution in [0, 0.1) is 12.8 Å². The molecule has 2 heterocycles. The Kier molecular flexibility index (Phi) is 4.45. The van der Waals surface area contributed by atoms with Crippen LogP contribution in [0.15, 0.2) is 30.3 Å². The summed E-state index contributed by atoms with van der Waals surface area (Å²) in [7, 11) is 0. The molecule has 23 heavy (non-hydrogen) atoms. The van der Waals surface area contributed by atoms with E-state index in [2.05, 4.69) is 15.1 Å². The summed E-state index contributed by atoms with van der Waals surface area (Å²) in [6, 6.07) is 9.02. The largest absolute Gasteiger partial charge is 0.478 e. The van der Waals surface area contributed by atoms with Gasteiger partial charge < -0.3 is 10.2 Å². The summed E-state index contributed by atoms with van der Waals surface area (Å²) in [5.41, 5.74) is 3.08. The van der Waals surface area contributed by atoms with Gasteiger partial charge in [-0.05, 0) is 31.0 Å². The van der Waals surface area contributed by atoms with Crippen LogP contribution in [0.4, 0.5) is 0 Å². The van der Waals surface area contributed by atoms with Crippen LogP contribution in [-0.2, 0) is 13.0 Å². The fourth-order valence-corrected chi connectivity index (χ4v) is 3.23. The van der Waals surface area contributed by atoms with Crippen molar-refractivity contribution in [3.8, 4) is 0 Å². The smallest absolute Gasteiger partial charge is 0.336 e. The van der Waals surface area contributed by atoms with Gasteiger partial charge in [0.25, 0.3) is 0 Å². The van der Waals surface area contributed by atoms with Crippen LogP contribution >= 0.6 is 0 Å². The minimum atomic E-state index is -0.913. The Balaban J connectivity index is 1.66. The number of aromatic nitrogens is 2. The Labute approximate surface area is 134 Å². The van der Waals surface area contributed by atoms with Gasteiger partial charge in [-0.1, -0.05) is 18.2 Å². The Morgan fingerprint density at radius 3 is 2.87 bits per heavy atom. The van der Waals surface area contributed by atoms with E-state index in [9.17, 15) is 15.0 Å². The van der Waals surface area contributed by atoms with Crippen LogP contribution in [0.2, 0.25) is 0 Å². The second-order valence-corrected chi connectivity index (χ2v) is 6.23. The topological polar surface area (TPSA) is 89.5 Å². The molecule has 0 unspecified atom stereocenters. The SMILES string of the molecule is Cc1cc(C[C@@H]2CN(Cc3ccccc3C(=O)O)C[C@@H]2O)n[nH]1. The molecule has 122 valence electrons. The number of hydrogen-bond acceptors (Lipinski definition) is 4. The van der Waals surface area contributed by atoms with Crippen LogP contribution in [0.1, 0.15) is 27.3 Å². The third-order valence-electron chi connectivity index (χ3n) is 4.35. The lowest BCUT2D eigenvalue weighted by Gasteiger charge is -2.16.